The first-order valence-electron chi connectivity index (χ1n) is 12.0. The van der Waals surface area contributed by atoms with Crippen molar-refractivity contribution in [2.75, 3.05) is 78.1 Å². The average Bonchev–Trinajstić information content (AvgIpc) is 3.22. The molecule has 2 aromatic rings. The lowest BCUT2D eigenvalue weighted by atomic mass is 10.0. The molecule has 9 nitrogen and oxygen atoms in total. The minimum absolute atomic E-state index is 0.563. The number of methoxy groups -OCH3 is 1. The number of rotatable bonds is 10. The van der Waals surface area contributed by atoms with E-state index in [1.54, 1.807) is 13.4 Å². The third-order valence-corrected chi connectivity index (χ3v) is 6.46. The second kappa shape index (κ2) is 11.3. The van der Waals surface area contributed by atoms with E-state index in [0.29, 0.717) is 32.7 Å². The quantitative estimate of drug-likeness (QED) is 0.555. The molecule has 4 rings (SSSR count). The summed E-state index contributed by atoms with van der Waals surface area (Å²) in [5.74, 6) is 2.37. The van der Waals surface area contributed by atoms with Crippen LogP contribution in [0.25, 0.3) is 0 Å². The van der Waals surface area contributed by atoms with E-state index < -0.39 is 5.60 Å². The molecule has 1 N–H and O–H groups in total. The second-order valence-corrected chi connectivity index (χ2v) is 9.37. The predicted molar refractivity (Wildman–Crippen MR) is 131 cm³/mol. The van der Waals surface area contributed by atoms with Gasteiger partial charge >= 0.3 is 0 Å². The highest BCUT2D eigenvalue weighted by atomic mass is 16.5. The van der Waals surface area contributed by atoms with Crippen LogP contribution in [0.1, 0.15) is 17.7 Å². The van der Waals surface area contributed by atoms with Crippen LogP contribution in [0, 0.1) is 6.92 Å². The summed E-state index contributed by atoms with van der Waals surface area (Å²) in [6, 6.07) is 8.03. The zero-order chi connectivity index (χ0) is 24.0. The van der Waals surface area contributed by atoms with Crippen LogP contribution in [0.2, 0.25) is 0 Å². The van der Waals surface area contributed by atoms with Crippen molar-refractivity contribution >= 4 is 5.82 Å². The first-order chi connectivity index (χ1) is 16.4. The molecule has 0 saturated carbocycles. The van der Waals surface area contributed by atoms with Crippen LogP contribution in [0.15, 0.2) is 30.6 Å². The Bertz CT molecular complexity index is 939. The second-order valence-electron chi connectivity index (χ2n) is 9.37. The summed E-state index contributed by atoms with van der Waals surface area (Å²) in [7, 11) is 3.71. The normalized spacial score (nSPS) is 21.3. The molecular formula is C25H37N5O4. The number of aromatic nitrogens is 2. The van der Waals surface area contributed by atoms with Crippen molar-refractivity contribution in [1.82, 2.24) is 19.8 Å². The first kappa shape index (κ1) is 24.7. The molecule has 9 heteroatoms. The molecule has 0 spiro atoms. The molecule has 1 aromatic heterocycles. The molecule has 34 heavy (non-hydrogen) atoms. The molecule has 186 valence electrons. The number of nitrogens with zero attached hydrogens (tertiary/aromatic N) is 5. The van der Waals surface area contributed by atoms with Gasteiger partial charge in [0.15, 0.2) is 11.5 Å². The van der Waals surface area contributed by atoms with E-state index in [4.69, 9.17) is 14.2 Å². The van der Waals surface area contributed by atoms with Gasteiger partial charge in [-0.05, 0) is 38.1 Å². The van der Waals surface area contributed by atoms with Gasteiger partial charge in [0.2, 0.25) is 0 Å². The van der Waals surface area contributed by atoms with Crippen LogP contribution < -0.4 is 14.4 Å². The number of hydrogen-bond donors (Lipinski definition) is 1. The van der Waals surface area contributed by atoms with Crippen molar-refractivity contribution in [1.29, 1.82) is 0 Å². The summed E-state index contributed by atoms with van der Waals surface area (Å²) in [6.07, 6.45) is 2.29. The minimum atomic E-state index is -0.778. The Labute approximate surface area is 202 Å². The number of β-amino-alcohol motifs (C(OH)–C–C–N with tert-alkyl or cyclic N) is 1. The van der Waals surface area contributed by atoms with Crippen LogP contribution in [0.4, 0.5) is 5.82 Å². The van der Waals surface area contributed by atoms with Gasteiger partial charge in [-0.25, -0.2) is 9.97 Å². The van der Waals surface area contributed by atoms with Gasteiger partial charge in [0.05, 0.1) is 25.9 Å². The highest BCUT2D eigenvalue weighted by molar-refractivity contribution is 5.43. The molecular weight excluding hydrogens is 434 g/mol. The van der Waals surface area contributed by atoms with Crippen molar-refractivity contribution in [3.05, 3.63) is 41.9 Å². The molecule has 1 aromatic carbocycles. The van der Waals surface area contributed by atoms with Crippen LogP contribution in [0.5, 0.6) is 11.5 Å². The lowest BCUT2D eigenvalue weighted by Crippen LogP contribution is -2.43. The van der Waals surface area contributed by atoms with E-state index in [-0.39, 0.29) is 0 Å². The van der Waals surface area contributed by atoms with Gasteiger partial charge in [-0.1, -0.05) is 6.07 Å². The maximum Gasteiger partial charge on any atom is 0.161 e. The molecule has 3 heterocycles. The topological polar surface area (TPSA) is 83.4 Å². The molecule has 0 aliphatic carbocycles. The lowest BCUT2D eigenvalue weighted by molar-refractivity contribution is 0.0279. The summed E-state index contributed by atoms with van der Waals surface area (Å²) in [4.78, 5) is 15.2. The number of morpholine rings is 1. The number of benzene rings is 1. The largest absolute Gasteiger partial charge is 0.493 e. The van der Waals surface area contributed by atoms with E-state index in [1.165, 1.54) is 0 Å². The number of aryl methyl sites for hydroxylation is 1. The molecule has 2 aliphatic heterocycles. The predicted octanol–water partition coefficient (Wildman–Crippen LogP) is 1.58. The van der Waals surface area contributed by atoms with E-state index >= 15 is 0 Å². The fourth-order valence-electron chi connectivity index (χ4n) is 4.70. The Kier molecular flexibility index (Phi) is 8.20. The van der Waals surface area contributed by atoms with Gasteiger partial charge < -0.3 is 24.2 Å². The molecule has 0 radical (unpaired) electrons. The SMILES string of the molecule is COc1cc(CN(C)C[C@@]2(O)CCN(c3cc(C)ncn3)C2)ccc1OCCN1CCOCC1. The Morgan fingerprint density at radius 3 is 2.74 bits per heavy atom. The van der Waals surface area contributed by atoms with Crippen LogP contribution in [-0.4, -0.2) is 104 Å². The Morgan fingerprint density at radius 1 is 1.15 bits per heavy atom. The van der Waals surface area contributed by atoms with Gasteiger partial charge in [-0.3, -0.25) is 9.80 Å². The first-order valence-corrected chi connectivity index (χ1v) is 12.0. The van der Waals surface area contributed by atoms with Crippen LogP contribution in [-0.2, 0) is 11.3 Å². The number of ether oxygens (including phenoxy) is 3. The molecule has 2 aliphatic rings. The van der Waals surface area contributed by atoms with Crippen molar-refractivity contribution in [2.45, 2.75) is 25.5 Å². The van der Waals surface area contributed by atoms with Crippen molar-refractivity contribution in [2.24, 2.45) is 0 Å². The maximum absolute atomic E-state index is 11.2. The standard InChI is InChI=1S/C25H37N5O4/c1-20-14-24(27-19-26-20)30-7-6-25(31,18-30)17-28(2)16-21-4-5-22(23(15-21)32-3)34-13-10-29-8-11-33-12-9-29/h4-5,14-15,19,31H,6-13,16-18H2,1-3H3/t25-/m0/s1. The smallest absolute Gasteiger partial charge is 0.161 e. The third kappa shape index (κ3) is 6.56. The summed E-state index contributed by atoms with van der Waals surface area (Å²) in [5, 5.41) is 11.2. The van der Waals surface area contributed by atoms with Gasteiger partial charge in [-0.2, -0.15) is 0 Å². The van der Waals surface area contributed by atoms with E-state index in [2.05, 4.69) is 30.7 Å². The molecule has 2 saturated heterocycles. The van der Waals surface area contributed by atoms with Crippen molar-refractivity contribution in [3.8, 4) is 11.5 Å². The lowest BCUT2D eigenvalue weighted by Gasteiger charge is -2.29. The Morgan fingerprint density at radius 2 is 1.97 bits per heavy atom. The van der Waals surface area contributed by atoms with Gasteiger partial charge in [0.25, 0.3) is 0 Å². The van der Waals surface area contributed by atoms with Crippen LogP contribution >= 0.6 is 0 Å². The van der Waals surface area contributed by atoms with Crippen molar-refractivity contribution < 1.29 is 19.3 Å². The number of anilines is 1. The van der Waals surface area contributed by atoms with Crippen molar-refractivity contribution in [3.63, 3.8) is 0 Å². The zero-order valence-corrected chi connectivity index (χ0v) is 20.6. The molecule has 0 bridgehead atoms. The summed E-state index contributed by atoms with van der Waals surface area (Å²) >= 11 is 0. The van der Waals surface area contributed by atoms with Gasteiger partial charge in [-0.15, -0.1) is 0 Å². The third-order valence-electron chi connectivity index (χ3n) is 6.46. The number of hydrogen-bond acceptors (Lipinski definition) is 9. The van der Waals surface area contributed by atoms with E-state index in [1.807, 2.05) is 32.2 Å². The van der Waals surface area contributed by atoms with Gasteiger partial charge in [0.1, 0.15) is 18.8 Å². The highest BCUT2D eigenvalue weighted by Crippen LogP contribution is 2.30. The highest BCUT2D eigenvalue weighted by Gasteiger charge is 2.37. The minimum Gasteiger partial charge on any atom is -0.493 e. The monoisotopic (exact) mass is 471 g/mol. The average molecular weight is 472 g/mol. The Balaban J connectivity index is 1.28. The Hall–Kier alpha value is -2.46. The van der Waals surface area contributed by atoms with Crippen LogP contribution in [0.3, 0.4) is 0 Å². The maximum atomic E-state index is 11.2. The van der Waals surface area contributed by atoms with E-state index in [9.17, 15) is 5.11 Å². The summed E-state index contributed by atoms with van der Waals surface area (Å²) in [5.41, 5.74) is 1.27. The number of likely N-dealkylation sites (N-methyl/N-ethyl adjacent to an activating group) is 1. The zero-order valence-electron chi connectivity index (χ0n) is 20.6. The summed E-state index contributed by atoms with van der Waals surface area (Å²) < 4.78 is 17.0. The molecule has 0 unspecified atom stereocenters. The number of aliphatic hydroxyl groups is 1. The molecule has 1 atom stereocenters. The van der Waals surface area contributed by atoms with Gasteiger partial charge in [0, 0.05) is 57.6 Å². The fourth-order valence-corrected chi connectivity index (χ4v) is 4.70. The summed E-state index contributed by atoms with van der Waals surface area (Å²) in [6.45, 7) is 9.56. The fraction of sp³-hybridized carbons (Fsp3) is 0.600. The molecule has 2 fully saturated rings. The van der Waals surface area contributed by atoms with E-state index in [0.717, 1.165) is 68.0 Å². The molecule has 0 amide bonds.